The molecule has 0 bridgehead atoms. The Hall–Kier alpha value is -2.07. The number of ether oxygens (including phenoxy) is 2. The Balaban J connectivity index is 2.23. The minimum atomic E-state index is -0.428. The number of methoxy groups -OCH3 is 1. The first-order valence-electron chi connectivity index (χ1n) is 7.71. The van der Waals surface area contributed by atoms with E-state index in [9.17, 15) is 9.18 Å². The number of hydrogen-bond donors (Lipinski definition) is 0. The lowest BCUT2D eigenvalue weighted by molar-refractivity contribution is -0.139. The van der Waals surface area contributed by atoms with Gasteiger partial charge in [0.25, 0.3) is 0 Å². The Morgan fingerprint density at radius 3 is 2.67 bits per heavy atom. The van der Waals surface area contributed by atoms with E-state index in [-0.39, 0.29) is 13.0 Å². The summed E-state index contributed by atoms with van der Waals surface area (Å²) in [6.45, 7) is 4.02. The smallest absolute Gasteiger partial charge is 0.309 e. The summed E-state index contributed by atoms with van der Waals surface area (Å²) in [6.07, 6.45) is 0.872. The van der Waals surface area contributed by atoms with E-state index in [4.69, 9.17) is 16.3 Å². The van der Waals surface area contributed by atoms with Crippen LogP contribution in [0.15, 0.2) is 30.3 Å². The summed E-state index contributed by atoms with van der Waals surface area (Å²) in [4.78, 5) is 11.5. The fraction of sp³-hybridized carbons (Fsp3) is 0.316. The molecule has 0 saturated heterocycles. The standard InChI is InChI=1S/C19H20ClFO3/c1-4-13-9-16(20)18(8-12(13)2)24-11-15-14(10-19(22)23-3)6-5-7-17(15)21/h5-9H,4,10-11H2,1-3H3. The van der Waals surface area contributed by atoms with E-state index in [1.807, 2.05) is 19.1 Å². The summed E-state index contributed by atoms with van der Waals surface area (Å²) < 4.78 is 24.5. The van der Waals surface area contributed by atoms with Crippen LogP contribution in [0.25, 0.3) is 0 Å². The van der Waals surface area contributed by atoms with Gasteiger partial charge in [0.15, 0.2) is 0 Å². The molecule has 0 heterocycles. The molecule has 2 rings (SSSR count). The van der Waals surface area contributed by atoms with Crippen molar-refractivity contribution in [1.29, 1.82) is 0 Å². The third-order valence-electron chi connectivity index (χ3n) is 3.92. The Morgan fingerprint density at radius 2 is 2.00 bits per heavy atom. The number of carbonyl (C=O) groups excluding carboxylic acids is 1. The summed E-state index contributed by atoms with van der Waals surface area (Å²) in [6, 6.07) is 8.30. The van der Waals surface area contributed by atoms with Crippen LogP contribution in [0.5, 0.6) is 5.75 Å². The molecule has 0 radical (unpaired) electrons. The van der Waals surface area contributed by atoms with Crippen LogP contribution >= 0.6 is 11.6 Å². The van der Waals surface area contributed by atoms with E-state index in [1.165, 1.54) is 13.2 Å². The van der Waals surface area contributed by atoms with Gasteiger partial charge in [-0.1, -0.05) is 30.7 Å². The molecule has 24 heavy (non-hydrogen) atoms. The molecule has 0 saturated carbocycles. The van der Waals surface area contributed by atoms with Crippen LogP contribution in [0.2, 0.25) is 5.02 Å². The van der Waals surface area contributed by atoms with E-state index < -0.39 is 11.8 Å². The lowest BCUT2D eigenvalue weighted by Gasteiger charge is -2.14. The van der Waals surface area contributed by atoms with Gasteiger partial charge in [0.1, 0.15) is 18.2 Å². The molecule has 0 unspecified atom stereocenters. The van der Waals surface area contributed by atoms with Crippen molar-refractivity contribution in [2.75, 3.05) is 7.11 Å². The van der Waals surface area contributed by atoms with Gasteiger partial charge in [0.2, 0.25) is 0 Å². The molecule has 2 aromatic rings. The van der Waals surface area contributed by atoms with Crippen molar-refractivity contribution in [3.05, 3.63) is 63.4 Å². The van der Waals surface area contributed by atoms with Crippen LogP contribution in [-0.2, 0) is 29.0 Å². The van der Waals surface area contributed by atoms with Crippen LogP contribution < -0.4 is 4.74 Å². The maximum atomic E-state index is 14.1. The molecule has 2 aromatic carbocycles. The lowest BCUT2D eigenvalue weighted by atomic mass is 10.0. The second-order valence-electron chi connectivity index (χ2n) is 5.48. The second kappa shape index (κ2) is 8.15. The molecule has 0 spiro atoms. The first-order valence-corrected chi connectivity index (χ1v) is 8.09. The molecule has 128 valence electrons. The third kappa shape index (κ3) is 4.26. The van der Waals surface area contributed by atoms with Gasteiger partial charge >= 0.3 is 5.97 Å². The van der Waals surface area contributed by atoms with Gasteiger partial charge in [-0.2, -0.15) is 0 Å². The van der Waals surface area contributed by atoms with Gasteiger partial charge in [-0.05, 0) is 48.2 Å². The number of hydrogen-bond acceptors (Lipinski definition) is 3. The van der Waals surface area contributed by atoms with Crippen molar-refractivity contribution >= 4 is 17.6 Å². The van der Waals surface area contributed by atoms with E-state index in [0.717, 1.165) is 17.5 Å². The molecule has 3 nitrogen and oxygen atoms in total. The highest BCUT2D eigenvalue weighted by Gasteiger charge is 2.14. The molecule has 5 heteroatoms. The van der Waals surface area contributed by atoms with Crippen molar-refractivity contribution in [2.45, 2.75) is 33.3 Å². The molecule has 0 aliphatic heterocycles. The number of rotatable bonds is 6. The van der Waals surface area contributed by atoms with Crippen LogP contribution in [0.1, 0.15) is 29.2 Å². The lowest BCUT2D eigenvalue weighted by Crippen LogP contribution is -2.10. The van der Waals surface area contributed by atoms with Crippen molar-refractivity contribution < 1.29 is 18.7 Å². The Bertz CT molecular complexity index is 744. The van der Waals surface area contributed by atoms with Gasteiger partial charge in [-0.25, -0.2) is 4.39 Å². The normalized spacial score (nSPS) is 10.5. The molecule has 0 amide bonds. The molecule has 0 atom stereocenters. The average molecular weight is 351 g/mol. The first-order chi connectivity index (χ1) is 11.5. The van der Waals surface area contributed by atoms with Gasteiger partial charge in [0, 0.05) is 5.56 Å². The Morgan fingerprint density at radius 1 is 1.25 bits per heavy atom. The van der Waals surface area contributed by atoms with Crippen molar-refractivity contribution in [3.63, 3.8) is 0 Å². The second-order valence-corrected chi connectivity index (χ2v) is 5.89. The van der Waals surface area contributed by atoms with Gasteiger partial charge in [-0.3, -0.25) is 4.79 Å². The predicted molar refractivity (Wildman–Crippen MR) is 92.0 cm³/mol. The maximum absolute atomic E-state index is 14.1. The van der Waals surface area contributed by atoms with Crippen molar-refractivity contribution in [1.82, 2.24) is 0 Å². The first kappa shape index (κ1) is 18.3. The van der Waals surface area contributed by atoms with Crippen molar-refractivity contribution in [3.8, 4) is 5.75 Å². The number of aryl methyl sites for hydroxylation is 2. The zero-order valence-corrected chi connectivity index (χ0v) is 14.7. The molecule has 0 aliphatic rings. The average Bonchev–Trinajstić information content (AvgIpc) is 2.56. The van der Waals surface area contributed by atoms with E-state index >= 15 is 0 Å². The highest BCUT2D eigenvalue weighted by atomic mass is 35.5. The summed E-state index contributed by atoms with van der Waals surface area (Å²) >= 11 is 6.24. The Labute approximate surface area is 146 Å². The summed E-state index contributed by atoms with van der Waals surface area (Å²) in [7, 11) is 1.30. The molecular formula is C19H20ClFO3. The quantitative estimate of drug-likeness (QED) is 0.712. The molecule has 0 aliphatic carbocycles. The summed E-state index contributed by atoms with van der Waals surface area (Å²) in [5.74, 6) is -0.351. The summed E-state index contributed by atoms with van der Waals surface area (Å²) in [5.41, 5.74) is 3.08. The van der Waals surface area contributed by atoms with Crippen molar-refractivity contribution in [2.24, 2.45) is 0 Å². The maximum Gasteiger partial charge on any atom is 0.309 e. The monoisotopic (exact) mass is 350 g/mol. The molecule has 0 N–H and O–H groups in total. The highest BCUT2D eigenvalue weighted by Crippen LogP contribution is 2.29. The van der Waals surface area contributed by atoms with Gasteiger partial charge in [0.05, 0.1) is 18.6 Å². The zero-order valence-electron chi connectivity index (χ0n) is 14.0. The van der Waals surface area contributed by atoms with Crippen LogP contribution in [0, 0.1) is 12.7 Å². The number of esters is 1. The molecule has 0 aromatic heterocycles. The minimum Gasteiger partial charge on any atom is -0.487 e. The predicted octanol–water partition coefficient (Wildman–Crippen LogP) is 4.64. The Kier molecular flexibility index (Phi) is 6.21. The van der Waals surface area contributed by atoms with E-state index in [1.54, 1.807) is 12.1 Å². The van der Waals surface area contributed by atoms with Crippen LogP contribution in [-0.4, -0.2) is 13.1 Å². The fourth-order valence-corrected chi connectivity index (χ4v) is 2.74. The highest BCUT2D eigenvalue weighted by molar-refractivity contribution is 6.32. The number of benzene rings is 2. The van der Waals surface area contributed by atoms with Gasteiger partial charge in [-0.15, -0.1) is 0 Å². The third-order valence-corrected chi connectivity index (χ3v) is 4.22. The topological polar surface area (TPSA) is 35.5 Å². The van der Waals surface area contributed by atoms with Crippen LogP contribution in [0.4, 0.5) is 4.39 Å². The minimum absolute atomic E-state index is 0.00547. The van der Waals surface area contributed by atoms with E-state index in [2.05, 4.69) is 11.7 Å². The van der Waals surface area contributed by atoms with Gasteiger partial charge < -0.3 is 9.47 Å². The largest absolute Gasteiger partial charge is 0.487 e. The van der Waals surface area contributed by atoms with E-state index in [0.29, 0.717) is 21.9 Å². The molecular weight excluding hydrogens is 331 g/mol. The van der Waals surface area contributed by atoms with Crippen LogP contribution in [0.3, 0.4) is 0 Å². The fourth-order valence-electron chi connectivity index (χ4n) is 2.50. The zero-order chi connectivity index (χ0) is 17.7. The SMILES string of the molecule is CCc1cc(Cl)c(OCc2c(F)cccc2CC(=O)OC)cc1C. The number of halogens is 2. The number of carbonyl (C=O) groups is 1. The molecule has 0 fully saturated rings. The summed E-state index contributed by atoms with van der Waals surface area (Å²) in [5, 5.41) is 0.489.